The zero-order valence-electron chi connectivity index (χ0n) is 65.0. The van der Waals surface area contributed by atoms with Gasteiger partial charge >= 0.3 is 6.18 Å². The van der Waals surface area contributed by atoms with Gasteiger partial charge in [-0.3, -0.25) is 57.5 Å². The van der Waals surface area contributed by atoms with E-state index in [-0.39, 0.29) is 70.2 Å². The third kappa shape index (κ3) is 19.2. The third-order valence-corrected chi connectivity index (χ3v) is 23.8. The molecule has 0 radical (unpaired) electrons. The summed E-state index contributed by atoms with van der Waals surface area (Å²) in [5, 5.41) is 5.64. The Morgan fingerprint density at radius 1 is 0.651 bits per heavy atom. The van der Waals surface area contributed by atoms with Gasteiger partial charge in [-0.05, 0) is 139 Å². The number of likely N-dealkylation sites (tertiary alicyclic amines) is 1. The number of amides is 12. The summed E-state index contributed by atoms with van der Waals surface area (Å²) in [4.78, 5) is 197. The highest BCUT2D eigenvalue weighted by atomic mass is 19.4. The minimum absolute atomic E-state index is 0.0153. The lowest BCUT2D eigenvalue weighted by Gasteiger charge is -2.51. The number of ether oxygens (including phenoxy) is 1. The molecule has 0 unspecified atom stereocenters. The van der Waals surface area contributed by atoms with Crippen molar-refractivity contribution in [2.45, 2.75) is 242 Å². The average molecular weight is 1530 g/mol. The Morgan fingerprint density at radius 2 is 1.30 bits per heavy atom. The minimum atomic E-state index is -5.41. The largest absolute Gasteiger partial charge is 0.422 e. The maximum Gasteiger partial charge on any atom is 0.422 e. The van der Waals surface area contributed by atoms with Gasteiger partial charge in [0.05, 0.1) is 19.1 Å². The lowest BCUT2D eigenvalue weighted by Crippen LogP contribution is -2.68. The van der Waals surface area contributed by atoms with Crippen LogP contribution in [0.25, 0.3) is 0 Å². The first-order valence-corrected chi connectivity index (χ1v) is 38.9. The SMILES string of the molecule is CCC[C@H]1C(=O)N[C@@H]([C@@H](C)CC)C(=O)N(C2CC2)CC(=O)N(C)[C@H]2C/C=C\CCN(C2=O)[C@@H](Cc2ccc(C)cc2)C(=O)N(C)CC(=O)N[C@@H](CCc2cc(F)c(C(F)(F)F)c(F)c2)C(=O)N2C[C@H](OCC)C[C@H]2C(=O)N(C)C2(CCC2)C(=O)N(C)[C@@H](C2CCCC2)C(=O)N(C)[C@H](C(=O)N2CCCC2)CC(=O)N1C. The predicted octanol–water partition coefficient (Wildman–Crippen LogP) is 6.19. The molecule has 10 atom stereocenters. The van der Waals surface area contributed by atoms with Crippen molar-refractivity contribution >= 4 is 70.9 Å². The van der Waals surface area contributed by atoms with Crippen molar-refractivity contribution in [3.05, 3.63) is 82.4 Å². The van der Waals surface area contributed by atoms with Crippen LogP contribution in [0, 0.1) is 30.4 Å². The van der Waals surface area contributed by atoms with Gasteiger partial charge in [0, 0.05) is 94.0 Å². The molecule has 7 aliphatic rings. The molecule has 30 heteroatoms. The van der Waals surface area contributed by atoms with Crippen LogP contribution in [0.15, 0.2) is 48.6 Å². The van der Waals surface area contributed by atoms with Crippen LogP contribution in [0.1, 0.15) is 172 Å². The molecule has 2 bridgehead atoms. The maximum atomic E-state index is 15.8. The van der Waals surface area contributed by atoms with Crippen LogP contribution in [-0.4, -0.2) is 274 Å². The van der Waals surface area contributed by atoms with E-state index in [2.05, 4.69) is 10.6 Å². The molecular weight excluding hydrogens is 1420 g/mol. The number of carbonyl (C=O) groups is 12. The summed E-state index contributed by atoms with van der Waals surface area (Å²) in [7, 11) is 8.48. The molecule has 3 saturated carbocycles. The molecule has 600 valence electrons. The molecule has 6 fully saturated rings. The summed E-state index contributed by atoms with van der Waals surface area (Å²) < 4.78 is 78.4. The van der Waals surface area contributed by atoms with Crippen LogP contribution < -0.4 is 10.6 Å². The molecule has 0 aromatic heterocycles. The van der Waals surface area contributed by atoms with E-state index in [1.165, 1.54) is 76.6 Å². The molecule has 9 rings (SSSR count). The predicted molar refractivity (Wildman–Crippen MR) is 393 cm³/mol. The Hall–Kier alpha value is -8.57. The molecule has 25 nitrogen and oxygen atoms in total. The Bertz CT molecular complexity index is 3690. The summed E-state index contributed by atoms with van der Waals surface area (Å²) in [5.74, 6) is -13.2. The smallest absolute Gasteiger partial charge is 0.377 e. The lowest BCUT2D eigenvalue weighted by atomic mass is 9.73. The van der Waals surface area contributed by atoms with Crippen LogP contribution in [-0.2, 0) is 81.3 Å². The van der Waals surface area contributed by atoms with Crippen LogP contribution in [0.2, 0.25) is 0 Å². The van der Waals surface area contributed by atoms with Gasteiger partial charge in [-0.25, -0.2) is 8.78 Å². The molecule has 2 N–H and O–H groups in total. The number of rotatable bonds is 14. The van der Waals surface area contributed by atoms with Crippen molar-refractivity contribution in [1.29, 1.82) is 0 Å². The summed E-state index contributed by atoms with van der Waals surface area (Å²) in [5.41, 5.74) is -2.58. The first-order valence-electron chi connectivity index (χ1n) is 38.9. The molecule has 2 aromatic rings. The summed E-state index contributed by atoms with van der Waals surface area (Å²) in [6.07, 6.45) is 2.10. The topological polar surface area (TPSA) is 271 Å². The van der Waals surface area contributed by atoms with Gasteiger partial charge in [-0.15, -0.1) is 0 Å². The number of alkyl halides is 3. The molecule has 2 aromatic carbocycles. The zero-order chi connectivity index (χ0) is 79.7. The number of aryl methyl sites for hydroxylation is 2. The van der Waals surface area contributed by atoms with Crippen LogP contribution in [0.4, 0.5) is 22.0 Å². The number of fused-ring (bicyclic) bond motifs is 3. The normalized spacial score (nSPS) is 27.3. The third-order valence-electron chi connectivity index (χ3n) is 23.8. The van der Waals surface area contributed by atoms with Crippen molar-refractivity contribution in [1.82, 2.24) is 59.6 Å². The van der Waals surface area contributed by atoms with Gasteiger partial charge in [0.25, 0.3) is 0 Å². The van der Waals surface area contributed by atoms with E-state index in [1.54, 1.807) is 37.0 Å². The molecule has 109 heavy (non-hydrogen) atoms. The van der Waals surface area contributed by atoms with Crippen LogP contribution in [0.3, 0.4) is 0 Å². The number of carbonyl (C=O) groups excluding carboxylic acids is 12. The molecule has 4 aliphatic heterocycles. The fourth-order valence-corrected chi connectivity index (χ4v) is 16.6. The minimum Gasteiger partial charge on any atom is -0.377 e. The number of nitrogens with zero attached hydrogens (tertiary/aromatic N) is 10. The van der Waals surface area contributed by atoms with Crippen molar-refractivity contribution < 1.29 is 84.2 Å². The average Bonchev–Trinajstić information content (AvgIpc) is 1.57. The van der Waals surface area contributed by atoms with Gasteiger partial charge in [0.15, 0.2) is 0 Å². The standard InChI is InChI=1S/C79H111F5N12O13/c1-12-23-58-69(100)86-67(49(5)13-2)75(106)95(53-32-33-53)47-65(99)89(8)59-26-16-15-19-39-94(74(59)105)61(42-50-29-27-48(4)28-30-50)71(102)87(6)46-63(97)85-57(34-31-51-40-55(80)66(56(81)41-51)79(82,83)84)70(101)96-45-54(109-14-3)43-62(96)72(103)92(11)78(35-22-36-78)77(108)91(10)68(52-24-17-18-25-52)76(107)90(9)60(44-64(98)88(58)7)73(104)93-37-20-21-38-93/h15-16,27-30,40-41,49,52-54,57-62,67-68H,12-14,17-26,31-39,42-47H2,1-11H3,(H,85,97)(H,86,100)/b16-15-/t49-,54+,57-,58-,59-,60-,61-,62-,67-,68-/m0/s1. The Morgan fingerprint density at radius 3 is 1.89 bits per heavy atom. The summed E-state index contributed by atoms with van der Waals surface area (Å²) in [6.45, 7) is 8.20. The van der Waals surface area contributed by atoms with E-state index in [0.717, 1.165) is 15.4 Å². The summed E-state index contributed by atoms with van der Waals surface area (Å²) >= 11 is 0. The monoisotopic (exact) mass is 1530 g/mol. The highest BCUT2D eigenvalue weighted by molar-refractivity contribution is 6.01. The number of halogens is 5. The van der Waals surface area contributed by atoms with Crippen molar-refractivity contribution in [2.24, 2.45) is 11.8 Å². The van der Waals surface area contributed by atoms with E-state index in [4.69, 9.17) is 4.74 Å². The van der Waals surface area contributed by atoms with Crippen molar-refractivity contribution in [3.8, 4) is 0 Å². The number of nitrogens with one attached hydrogen (secondary N) is 2. The van der Waals surface area contributed by atoms with E-state index in [9.17, 15) is 22.8 Å². The molecule has 1 spiro atoms. The fraction of sp³-hybridized carbons (Fsp3) is 0.671. The van der Waals surface area contributed by atoms with Crippen molar-refractivity contribution in [2.75, 3.05) is 88.2 Å². The highest BCUT2D eigenvalue weighted by Gasteiger charge is 2.57. The number of likely N-dealkylation sites (N-methyl/N-ethyl adjacent to an activating group) is 6. The number of benzene rings is 2. The lowest BCUT2D eigenvalue weighted by molar-refractivity contribution is -0.166. The maximum absolute atomic E-state index is 15.8. The summed E-state index contributed by atoms with van der Waals surface area (Å²) in [6, 6.07) is -3.09. The van der Waals surface area contributed by atoms with Gasteiger partial charge in [-0.2, -0.15) is 13.2 Å². The highest BCUT2D eigenvalue weighted by Crippen LogP contribution is 2.43. The molecule has 3 saturated heterocycles. The van der Waals surface area contributed by atoms with Gasteiger partial charge < -0.3 is 64.4 Å². The molecule has 3 aliphatic carbocycles. The molecule has 4 heterocycles. The molecule has 12 amide bonds. The zero-order valence-corrected chi connectivity index (χ0v) is 65.0. The van der Waals surface area contributed by atoms with E-state index >= 15 is 56.7 Å². The first kappa shape index (κ1) is 84.4. The number of hydrogen-bond donors (Lipinski definition) is 2. The second-order valence-corrected chi connectivity index (χ2v) is 31.1. The Balaban J connectivity index is 1.13. The van der Waals surface area contributed by atoms with E-state index in [1.807, 2.05) is 39.0 Å². The van der Waals surface area contributed by atoms with Crippen LogP contribution in [0.5, 0.6) is 0 Å². The quantitative estimate of drug-likeness (QED) is 0.158. The van der Waals surface area contributed by atoms with E-state index in [0.29, 0.717) is 101 Å². The van der Waals surface area contributed by atoms with Crippen LogP contribution >= 0.6 is 0 Å². The fourth-order valence-electron chi connectivity index (χ4n) is 16.6. The first-order chi connectivity index (χ1) is 51.7. The van der Waals surface area contributed by atoms with Gasteiger partial charge in [0.2, 0.25) is 70.9 Å². The second-order valence-electron chi connectivity index (χ2n) is 31.1. The Labute approximate surface area is 636 Å². The van der Waals surface area contributed by atoms with E-state index < -0.39 is 204 Å². The molecular formula is C79H111F5N12O13. The second kappa shape index (κ2) is 36.5. The van der Waals surface area contributed by atoms with Crippen molar-refractivity contribution in [3.63, 3.8) is 0 Å². The van der Waals surface area contributed by atoms with Gasteiger partial charge in [-0.1, -0.05) is 88.4 Å². The van der Waals surface area contributed by atoms with Gasteiger partial charge in [0.1, 0.15) is 77.6 Å². The Kier molecular flexibility index (Phi) is 28.3. The number of hydrogen-bond acceptors (Lipinski definition) is 13.